The third kappa shape index (κ3) is 6.89. The minimum Gasteiger partial charge on any atom is -0.488 e. The second kappa shape index (κ2) is 9.71. The van der Waals surface area contributed by atoms with Gasteiger partial charge in [0.1, 0.15) is 12.7 Å². The fraction of sp³-hybridized carbons (Fsp3) is 0.625. The van der Waals surface area contributed by atoms with Crippen molar-refractivity contribution in [1.29, 1.82) is 0 Å². The molecule has 2 atom stereocenters. The number of nitrogens with zero attached hydrogens (tertiary/aromatic N) is 1. The van der Waals surface area contributed by atoms with Crippen LogP contribution in [0.5, 0.6) is 5.75 Å². The van der Waals surface area contributed by atoms with Crippen molar-refractivity contribution in [3.05, 3.63) is 30.1 Å². The van der Waals surface area contributed by atoms with E-state index in [9.17, 15) is 9.50 Å². The van der Waals surface area contributed by atoms with Crippen LogP contribution in [-0.2, 0) is 0 Å². The summed E-state index contributed by atoms with van der Waals surface area (Å²) in [5.41, 5.74) is 0. The van der Waals surface area contributed by atoms with Gasteiger partial charge in [0.2, 0.25) is 0 Å². The summed E-state index contributed by atoms with van der Waals surface area (Å²) in [5.74, 6) is -0.236. The molecule has 4 nitrogen and oxygen atoms in total. The van der Waals surface area contributed by atoms with Crippen LogP contribution in [0.1, 0.15) is 20.8 Å². The highest BCUT2D eigenvalue weighted by molar-refractivity contribution is 5.23. The van der Waals surface area contributed by atoms with Crippen LogP contribution in [0.3, 0.4) is 0 Å². The molecule has 1 aromatic carbocycles. The standard InChI is InChI=1S/C16H27FN2O2/c1-4-19(5-2)11-13(3)18-10-14(20)12-21-16-9-7-6-8-15(16)17/h6-9,13-14,18,20H,4-5,10-12H2,1-3H3. The number of halogens is 1. The summed E-state index contributed by atoms with van der Waals surface area (Å²) in [6.07, 6.45) is -0.663. The van der Waals surface area contributed by atoms with Gasteiger partial charge in [0.25, 0.3) is 0 Å². The lowest BCUT2D eigenvalue weighted by Crippen LogP contribution is -2.43. The maximum Gasteiger partial charge on any atom is 0.165 e. The van der Waals surface area contributed by atoms with Crippen molar-refractivity contribution in [2.24, 2.45) is 0 Å². The summed E-state index contributed by atoms with van der Waals surface area (Å²) in [5, 5.41) is 13.1. The van der Waals surface area contributed by atoms with Crippen molar-refractivity contribution in [3.63, 3.8) is 0 Å². The Morgan fingerprint density at radius 1 is 1.29 bits per heavy atom. The zero-order chi connectivity index (χ0) is 15.7. The van der Waals surface area contributed by atoms with Gasteiger partial charge in [-0.3, -0.25) is 0 Å². The van der Waals surface area contributed by atoms with Crippen LogP contribution in [0.25, 0.3) is 0 Å². The van der Waals surface area contributed by atoms with E-state index in [1.54, 1.807) is 18.2 Å². The molecule has 0 aromatic heterocycles. The molecule has 5 heteroatoms. The number of para-hydroxylation sites is 1. The molecule has 0 amide bonds. The van der Waals surface area contributed by atoms with Gasteiger partial charge >= 0.3 is 0 Å². The largest absolute Gasteiger partial charge is 0.488 e. The monoisotopic (exact) mass is 298 g/mol. The molecule has 0 radical (unpaired) electrons. The highest BCUT2D eigenvalue weighted by atomic mass is 19.1. The number of rotatable bonds is 10. The number of ether oxygens (including phenoxy) is 1. The van der Waals surface area contributed by atoms with Crippen LogP contribution < -0.4 is 10.1 Å². The molecule has 1 aromatic rings. The van der Waals surface area contributed by atoms with Gasteiger partial charge in [-0.2, -0.15) is 0 Å². The fourth-order valence-electron chi connectivity index (χ4n) is 2.08. The van der Waals surface area contributed by atoms with Gasteiger partial charge in [0.05, 0.1) is 0 Å². The summed E-state index contributed by atoms with van der Waals surface area (Å²) in [6.45, 7) is 9.82. The van der Waals surface area contributed by atoms with Crippen LogP contribution in [-0.4, -0.2) is 54.9 Å². The smallest absolute Gasteiger partial charge is 0.165 e. The number of nitrogens with one attached hydrogen (secondary N) is 1. The van der Waals surface area contributed by atoms with Gasteiger partial charge in [-0.25, -0.2) is 4.39 Å². The first kappa shape index (κ1) is 17.9. The number of hydrogen-bond acceptors (Lipinski definition) is 4. The average molecular weight is 298 g/mol. The zero-order valence-corrected chi connectivity index (χ0v) is 13.2. The molecule has 1 rings (SSSR count). The van der Waals surface area contributed by atoms with Crippen molar-refractivity contribution in [2.45, 2.75) is 32.9 Å². The SMILES string of the molecule is CCN(CC)CC(C)NCC(O)COc1ccccc1F. The number of likely N-dealkylation sites (N-methyl/N-ethyl adjacent to an activating group) is 1. The maximum atomic E-state index is 13.3. The molecule has 0 aliphatic carbocycles. The molecule has 0 bridgehead atoms. The maximum absolute atomic E-state index is 13.3. The third-order valence-electron chi connectivity index (χ3n) is 3.40. The van der Waals surface area contributed by atoms with E-state index in [0.717, 1.165) is 19.6 Å². The van der Waals surface area contributed by atoms with E-state index in [2.05, 4.69) is 31.0 Å². The van der Waals surface area contributed by atoms with Crippen molar-refractivity contribution >= 4 is 0 Å². The fourth-order valence-corrected chi connectivity index (χ4v) is 2.08. The zero-order valence-electron chi connectivity index (χ0n) is 13.2. The third-order valence-corrected chi connectivity index (χ3v) is 3.40. The van der Waals surface area contributed by atoms with Crippen LogP contribution in [0.4, 0.5) is 4.39 Å². The normalized spacial score (nSPS) is 14.2. The highest BCUT2D eigenvalue weighted by Gasteiger charge is 2.11. The van der Waals surface area contributed by atoms with Crippen LogP contribution in [0.15, 0.2) is 24.3 Å². The van der Waals surface area contributed by atoms with Gasteiger partial charge in [-0.1, -0.05) is 26.0 Å². The molecule has 0 fully saturated rings. The van der Waals surface area contributed by atoms with Crippen LogP contribution in [0.2, 0.25) is 0 Å². The predicted octanol–water partition coefficient (Wildman–Crippen LogP) is 1.89. The van der Waals surface area contributed by atoms with Crippen molar-refractivity contribution < 1.29 is 14.2 Å². The molecule has 0 saturated heterocycles. The predicted molar refractivity (Wildman–Crippen MR) is 83.2 cm³/mol. The number of benzene rings is 1. The van der Waals surface area contributed by atoms with Crippen molar-refractivity contribution in [1.82, 2.24) is 10.2 Å². The van der Waals surface area contributed by atoms with E-state index >= 15 is 0 Å². The summed E-state index contributed by atoms with van der Waals surface area (Å²) >= 11 is 0. The molecular weight excluding hydrogens is 271 g/mol. The molecule has 0 aliphatic rings. The number of aliphatic hydroxyl groups excluding tert-OH is 1. The topological polar surface area (TPSA) is 44.7 Å². The summed E-state index contributed by atoms with van der Waals surface area (Å²) in [4.78, 5) is 2.32. The quantitative estimate of drug-likeness (QED) is 0.692. The second-order valence-electron chi connectivity index (χ2n) is 5.19. The lowest BCUT2D eigenvalue weighted by Gasteiger charge is -2.24. The molecule has 0 spiro atoms. The Kier molecular flexibility index (Phi) is 8.27. The molecule has 0 heterocycles. The van der Waals surface area contributed by atoms with Crippen LogP contribution in [0, 0.1) is 5.82 Å². The Morgan fingerprint density at radius 2 is 1.95 bits per heavy atom. The Bertz CT molecular complexity index is 400. The van der Waals surface area contributed by atoms with E-state index < -0.39 is 11.9 Å². The van der Waals surface area contributed by atoms with E-state index in [0.29, 0.717) is 6.54 Å². The second-order valence-corrected chi connectivity index (χ2v) is 5.19. The highest BCUT2D eigenvalue weighted by Crippen LogP contribution is 2.15. The van der Waals surface area contributed by atoms with Gasteiger partial charge in [-0.05, 0) is 32.1 Å². The Morgan fingerprint density at radius 3 is 2.57 bits per heavy atom. The van der Waals surface area contributed by atoms with Crippen LogP contribution >= 0.6 is 0 Å². The minimum absolute atomic E-state index is 0.0753. The van der Waals surface area contributed by atoms with Crippen molar-refractivity contribution in [2.75, 3.05) is 32.8 Å². The lowest BCUT2D eigenvalue weighted by atomic mass is 10.2. The molecule has 0 saturated carbocycles. The molecular formula is C16H27FN2O2. The van der Waals surface area contributed by atoms with Gasteiger partial charge in [0, 0.05) is 19.1 Å². The molecule has 0 aliphatic heterocycles. The van der Waals surface area contributed by atoms with Gasteiger partial charge in [-0.15, -0.1) is 0 Å². The lowest BCUT2D eigenvalue weighted by molar-refractivity contribution is 0.1000. The van der Waals surface area contributed by atoms with Gasteiger partial charge in [0.15, 0.2) is 11.6 Å². The van der Waals surface area contributed by atoms with E-state index in [1.165, 1.54) is 6.07 Å². The van der Waals surface area contributed by atoms with E-state index in [-0.39, 0.29) is 18.4 Å². The number of hydrogen-bond donors (Lipinski definition) is 2. The van der Waals surface area contributed by atoms with Crippen molar-refractivity contribution in [3.8, 4) is 5.75 Å². The van der Waals surface area contributed by atoms with E-state index in [1.807, 2.05) is 0 Å². The first-order chi connectivity index (χ1) is 10.1. The molecule has 2 N–H and O–H groups in total. The molecule has 21 heavy (non-hydrogen) atoms. The van der Waals surface area contributed by atoms with Gasteiger partial charge < -0.3 is 20.1 Å². The Hall–Kier alpha value is -1.17. The average Bonchev–Trinajstić information content (AvgIpc) is 2.49. The first-order valence-corrected chi connectivity index (χ1v) is 7.57. The minimum atomic E-state index is -0.663. The summed E-state index contributed by atoms with van der Waals surface area (Å²) < 4.78 is 18.6. The Balaban J connectivity index is 2.25. The molecule has 120 valence electrons. The van der Waals surface area contributed by atoms with E-state index in [4.69, 9.17) is 4.74 Å². The number of aliphatic hydroxyl groups is 1. The summed E-state index contributed by atoms with van der Waals surface area (Å²) in [6, 6.07) is 6.49. The molecule has 2 unspecified atom stereocenters. The summed E-state index contributed by atoms with van der Waals surface area (Å²) in [7, 11) is 0. The first-order valence-electron chi connectivity index (χ1n) is 7.57. The Labute approximate surface area is 126 Å².